The Hall–Kier alpha value is -0.850. The van der Waals surface area contributed by atoms with Crippen molar-refractivity contribution in [1.82, 2.24) is 0 Å². The Labute approximate surface area is 202 Å². The Bertz CT molecular complexity index is 741. The third kappa shape index (κ3) is 5.01. The van der Waals surface area contributed by atoms with Crippen LogP contribution in [0.1, 0.15) is 68.2 Å². The van der Waals surface area contributed by atoms with E-state index >= 15 is 0 Å². The number of cyclic esters (lactones) is 1. The van der Waals surface area contributed by atoms with Crippen molar-refractivity contribution in [3.63, 3.8) is 0 Å². The van der Waals surface area contributed by atoms with Gasteiger partial charge in [0.05, 0.1) is 5.60 Å². The zero-order valence-electron chi connectivity index (χ0n) is 22.1. The summed E-state index contributed by atoms with van der Waals surface area (Å²) >= 11 is 0. The number of methoxy groups -OCH3 is 2. The molecule has 7 unspecified atom stereocenters. The van der Waals surface area contributed by atoms with E-state index < -0.39 is 47.4 Å². The summed E-state index contributed by atoms with van der Waals surface area (Å²) in [7, 11) is 3.23. The average Bonchev–Trinajstić information content (AvgIpc) is 3.24. The molecule has 34 heavy (non-hydrogen) atoms. The lowest BCUT2D eigenvalue weighted by atomic mass is 9.86. The maximum Gasteiger partial charge on any atom is 0.338 e. The molecule has 0 aliphatic carbocycles. The summed E-state index contributed by atoms with van der Waals surface area (Å²) < 4.78 is 44.9. The fraction of sp³-hybridized carbons (Fsp3) is 0.958. The van der Waals surface area contributed by atoms with E-state index in [1.165, 1.54) is 0 Å². The van der Waals surface area contributed by atoms with Crippen LogP contribution in [-0.2, 0) is 42.7 Å². The highest BCUT2D eigenvalue weighted by Gasteiger charge is 2.60. The van der Waals surface area contributed by atoms with E-state index in [-0.39, 0.29) is 24.3 Å². The summed E-state index contributed by atoms with van der Waals surface area (Å²) in [5.41, 5.74) is -1.21. The quantitative estimate of drug-likeness (QED) is 0.589. The van der Waals surface area contributed by atoms with E-state index in [9.17, 15) is 9.90 Å². The number of carbonyl (C=O) groups excluding carboxylic acids is 1. The molecule has 10 heteroatoms. The summed E-state index contributed by atoms with van der Waals surface area (Å²) in [6.07, 6.45) is -2.01. The first kappa shape index (κ1) is 27.7. The minimum absolute atomic E-state index is 0.248. The Balaban J connectivity index is 0.000000191. The third-order valence-electron chi connectivity index (χ3n) is 7.24. The molecule has 0 spiro atoms. The number of hydrogen-bond acceptors (Lipinski definition) is 10. The maximum absolute atomic E-state index is 11.9. The molecule has 10 nitrogen and oxygen atoms in total. The normalized spacial score (nSPS) is 46.7. The molecule has 1 N–H and O–H groups in total. The van der Waals surface area contributed by atoms with Gasteiger partial charge in [-0.05, 0) is 54.4 Å². The van der Waals surface area contributed by atoms with E-state index in [0.29, 0.717) is 6.42 Å². The van der Waals surface area contributed by atoms with Gasteiger partial charge in [0.2, 0.25) is 0 Å². The van der Waals surface area contributed by atoms with Crippen LogP contribution in [0.2, 0.25) is 0 Å². The Morgan fingerprint density at radius 1 is 0.735 bits per heavy atom. The van der Waals surface area contributed by atoms with Gasteiger partial charge in [-0.2, -0.15) is 0 Å². The van der Waals surface area contributed by atoms with Crippen molar-refractivity contribution in [3.8, 4) is 0 Å². The lowest BCUT2D eigenvalue weighted by molar-refractivity contribution is -0.298. The number of aliphatic hydroxyl groups excluding tert-OH is 1. The van der Waals surface area contributed by atoms with Crippen LogP contribution >= 0.6 is 0 Å². The van der Waals surface area contributed by atoms with E-state index in [4.69, 9.17) is 37.9 Å². The molecule has 0 aromatic carbocycles. The smallest absolute Gasteiger partial charge is 0.338 e. The van der Waals surface area contributed by atoms with Gasteiger partial charge in [-0.3, -0.25) is 0 Å². The van der Waals surface area contributed by atoms with Crippen LogP contribution in [0.25, 0.3) is 0 Å². The maximum atomic E-state index is 11.9. The number of carbonyl (C=O) groups is 1. The standard InChI is InChI=1S/C12H22O5.C12H20O5/c2*1-6-12(4)9(14-5)7-8(10(13)17-12)16-11(2,3)15-7/h7-10,13H,6H2,1-5H3;7-9H,6H2,1-5H3/t7?,8?,9?,10?,12-;7?,8?,9?,12-/m00/s1. The minimum atomic E-state index is -0.974. The number of fused-ring (bicyclic) bond motifs is 2. The number of hydrogen-bond donors (Lipinski definition) is 1. The molecular weight excluding hydrogens is 448 g/mol. The second-order valence-electron chi connectivity index (χ2n) is 10.7. The van der Waals surface area contributed by atoms with E-state index in [0.717, 1.165) is 6.42 Å². The third-order valence-corrected chi connectivity index (χ3v) is 7.24. The van der Waals surface area contributed by atoms with Crippen molar-refractivity contribution < 1.29 is 47.8 Å². The van der Waals surface area contributed by atoms with Gasteiger partial charge < -0.3 is 43.0 Å². The summed E-state index contributed by atoms with van der Waals surface area (Å²) in [5, 5.41) is 10.0. The van der Waals surface area contributed by atoms with Gasteiger partial charge in [-0.1, -0.05) is 13.8 Å². The van der Waals surface area contributed by atoms with Crippen LogP contribution in [-0.4, -0.2) is 91.0 Å². The van der Waals surface area contributed by atoms with Gasteiger partial charge in [-0.25, -0.2) is 4.79 Å². The molecule has 0 bridgehead atoms. The highest BCUT2D eigenvalue weighted by Crippen LogP contribution is 2.43. The summed E-state index contributed by atoms with van der Waals surface area (Å²) in [5.74, 6) is -1.85. The second-order valence-corrected chi connectivity index (χ2v) is 10.7. The van der Waals surface area contributed by atoms with Gasteiger partial charge in [-0.15, -0.1) is 0 Å². The lowest BCUT2D eigenvalue weighted by Crippen LogP contribution is -2.62. The highest BCUT2D eigenvalue weighted by molar-refractivity contribution is 5.77. The first-order chi connectivity index (χ1) is 15.7. The van der Waals surface area contributed by atoms with Gasteiger partial charge in [0.15, 0.2) is 24.0 Å². The fourth-order valence-corrected chi connectivity index (χ4v) is 5.24. The molecular formula is C24H42O10. The van der Waals surface area contributed by atoms with Crippen molar-refractivity contribution in [2.75, 3.05) is 14.2 Å². The number of rotatable bonds is 4. The van der Waals surface area contributed by atoms with Crippen molar-refractivity contribution in [3.05, 3.63) is 0 Å². The molecule has 4 rings (SSSR count). The summed E-state index contributed by atoms with van der Waals surface area (Å²) in [4.78, 5) is 11.9. The Morgan fingerprint density at radius 3 is 1.74 bits per heavy atom. The van der Waals surface area contributed by atoms with Gasteiger partial charge >= 0.3 is 5.97 Å². The zero-order valence-corrected chi connectivity index (χ0v) is 22.1. The van der Waals surface area contributed by atoms with E-state index in [2.05, 4.69) is 0 Å². The van der Waals surface area contributed by atoms with Crippen LogP contribution in [0.4, 0.5) is 0 Å². The predicted molar refractivity (Wildman–Crippen MR) is 120 cm³/mol. The number of ether oxygens (including phenoxy) is 8. The molecule has 198 valence electrons. The minimum Gasteiger partial charge on any atom is -0.454 e. The Kier molecular flexibility index (Phi) is 7.79. The molecule has 4 aliphatic heterocycles. The lowest BCUT2D eigenvalue weighted by Gasteiger charge is -2.46. The van der Waals surface area contributed by atoms with Crippen LogP contribution in [0.5, 0.6) is 0 Å². The van der Waals surface area contributed by atoms with Crippen molar-refractivity contribution >= 4 is 5.97 Å². The number of aliphatic hydroxyl groups is 1. The van der Waals surface area contributed by atoms with E-state index in [1.54, 1.807) is 28.1 Å². The second kappa shape index (κ2) is 9.55. The Morgan fingerprint density at radius 2 is 1.21 bits per heavy atom. The molecule has 0 aromatic rings. The SMILES string of the molecule is CC[C@]1(C)OC(=O)C2OC(C)(C)OC2C1OC.CC[C@]1(C)OC(O)C2OC(C)(C)OC2C1OC. The van der Waals surface area contributed by atoms with Crippen LogP contribution in [0.3, 0.4) is 0 Å². The first-order valence-corrected chi connectivity index (χ1v) is 12.0. The fourth-order valence-electron chi connectivity index (χ4n) is 5.24. The molecule has 9 atom stereocenters. The van der Waals surface area contributed by atoms with Gasteiger partial charge in [0.25, 0.3) is 0 Å². The molecule has 0 saturated carbocycles. The molecule has 4 aliphatic rings. The van der Waals surface area contributed by atoms with Crippen LogP contribution in [0.15, 0.2) is 0 Å². The number of esters is 1. The largest absolute Gasteiger partial charge is 0.454 e. The zero-order chi connectivity index (χ0) is 25.7. The summed E-state index contributed by atoms with van der Waals surface area (Å²) in [6, 6.07) is 0. The van der Waals surface area contributed by atoms with Crippen LogP contribution < -0.4 is 0 Å². The average molecular weight is 491 g/mol. The molecule has 4 heterocycles. The molecule has 4 saturated heterocycles. The van der Waals surface area contributed by atoms with Gasteiger partial charge in [0, 0.05) is 14.2 Å². The monoisotopic (exact) mass is 490 g/mol. The van der Waals surface area contributed by atoms with Gasteiger partial charge in [0.1, 0.15) is 36.1 Å². The first-order valence-electron chi connectivity index (χ1n) is 12.0. The molecule has 0 amide bonds. The van der Waals surface area contributed by atoms with Crippen molar-refractivity contribution in [2.24, 2.45) is 0 Å². The van der Waals surface area contributed by atoms with Crippen molar-refractivity contribution in [2.45, 2.75) is 134 Å². The predicted octanol–water partition coefficient (Wildman–Crippen LogP) is 2.29. The topological polar surface area (TPSA) is 111 Å². The molecule has 4 fully saturated rings. The van der Waals surface area contributed by atoms with E-state index in [1.807, 2.05) is 41.5 Å². The summed E-state index contributed by atoms with van der Waals surface area (Å²) in [6.45, 7) is 15.0. The van der Waals surface area contributed by atoms with Crippen LogP contribution in [0, 0.1) is 0 Å². The molecule has 0 radical (unpaired) electrons. The molecule has 0 aromatic heterocycles. The highest BCUT2D eigenvalue weighted by atomic mass is 16.8. The van der Waals surface area contributed by atoms with Crippen molar-refractivity contribution in [1.29, 1.82) is 0 Å².